The lowest BCUT2D eigenvalue weighted by molar-refractivity contribution is -0.137. The van der Waals surface area contributed by atoms with Crippen molar-refractivity contribution >= 4 is 5.78 Å². The molecule has 0 aliphatic heterocycles. The minimum atomic E-state index is -0.637. The van der Waals surface area contributed by atoms with Crippen LogP contribution in [0.5, 0.6) is 0 Å². The molecule has 0 saturated heterocycles. The molecule has 0 unspecified atom stereocenters. The van der Waals surface area contributed by atoms with Crippen LogP contribution < -0.4 is 0 Å². The summed E-state index contributed by atoms with van der Waals surface area (Å²) in [6.07, 6.45) is 4.29. The third kappa shape index (κ3) is 2.08. The van der Waals surface area contributed by atoms with Gasteiger partial charge in [0, 0.05) is 11.8 Å². The molecule has 0 aromatic heterocycles. The van der Waals surface area contributed by atoms with E-state index in [1.807, 2.05) is 13.8 Å². The Hall–Kier alpha value is -0.630. The quantitative estimate of drug-likeness (QED) is 0.710. The van der Waals surface area contributed by atoms with Crippen LogP contribution in [-0.2, 0) is 4.79 Å². The Morgan fingerprint density at radius 2 is 2.06 bits per heavy atom. The molecule has 0 heterocycles. The Labute approximate surface area is 104 Å². The number of rotatable bonds is 1. The maximum Gasteiger partial charge on any atom is 0.139 e. The summed E-state index contributed by atoms with van der Waals surface area (Å²) in [5, 5.41) is 10.2. The lowest BCUT2D eigenvalue weighted by Crippen LogP contribution is -2.48. The Kier molecular flexibility index (Phi) is 2.97. The highest BCUT2D eigenvalue weighted by atomic mass is 16.3. The fourth-order valence-electron chi connectivity index (χ4n) is 3.64. The standard InChI is InChI=1S/C15H24O2/c1-10-5-6-13(16)15(4)8-7-11(9-12(10)15)14(2,3)17/h11-12,17H,1,5-9H2,2-4H3/t11-,12+,15-/m0/s1. The molecular weight excluding hydrogens is 212 g/mol. The van der Waals surface area contributed by atoms with Gasteiger partial charge in [0.15, 0.2) is 0 Å². The molecule has 0 aromatic carbocycles. The van der Waals surface area contributed by atoms with Crippen LogP contribution in [0.1, 0.15) is 52.9 Å². The molecule has 2 fully saturated rings. The van der Waals surface area contributed by atoms with E-state index in [0.717, 1.165) is 25.7 Å². The number of hydrogen-bond donors (Lipinski definition) is 1. The van der Waals surface area contributed by atoms with Gasteiger partial charge in [-0.1, -0.05) is 19.1 Å². The molecule has 3 atom stereocenters. The second kappa shape index (κ2) is 3.94. The molecule has 96 valence electrons. The van der Waals surface area contributed by atoms with Crippen LogP contribution in [0.3, 0.4) is 0 Å². The highest BCUT2D eigenvalue weighted by Gasteiger charge is 2.50. The van der Waals surface area contributed by atoms with Crippen LogP contribution >= 0.6 is 0 Å². The van der Waals surface area contributed by atoms with E-state index in [2.05, 4.69) is 13.5 Å². The minimum Gasteiger partial charge on any atom is -0.390 e. The molecule has 17 heavy (non-hydrogen) atoms. The van der Waals surface area contributed by atoms with Crippen molar-refractivity contribution in [2.24, 2.45) is 17.3 Å². The number of hydrogen-bond acceptors (Lipinski definition) is 2. The van der Waals surface area contributed by atoms with Crippen molar-refractivity contribution in [3.05, 3.63) is 12.2 Å². The zero-order valence-corrected chi connectivity index (χ0v) is 11.3. The maximum absolute atomic E-state index is 12.1. The number of fused-ring (bicyclic) bond motifs is 1. The summed E-state index contributed by atoms with van der Waals surface area (Å²) in [5.74, 6) is 0.987. The van der Waals surface area contributed by atoms with E-state index in [-0.39, 0.29) is 11.3 Å². The van der Waals surface area contributed by atoms with Gasteiger partial charge in [0.2, 0.25) is 0 Å². The first kappa shape index (κ1) is 12.8. The highest BCUT2D eigenvalue weighted by molar-refractivity contribution is 5.86. The number of allylic oxidation sites excluding steroid dienone is 1. The van der Waals surface area contributed by atoms with E-state index in [4.69, 9.17) is 0 Å². The van der Waals surface area contributed by atoms with Gasteiger partial charge in [0.05, 0.1) is 5.60 Å². The van der Waals surface area contributed by atoms with Gasteiger partial charge in [-0.25, -0.2) is 0 Å². The molecule has 2 aliphatic rings. The molecular formula is C15H24O2. The molecule has 2 rings (SSSR count). The third-order valence-electron chi connectivity index (χ3n) is 5.10. The molecule has 0 bridgehead atoms. The first-order chi connectivity index (χ1) is 7.75. The van der Waals surface area contributed by atoms with Crippen molar-refractivity contribution in [1.82, 2.24) is 0 Å². The smallest absolute Gasteiger partial charge is 0.139 e. The Balaban J connectivity index is 2.24. The van der Waals surface area contributed by atoms with Crippen LogP contribution in [0.15, 0.2) is 12.2 Å². The van der Waals surface area contributed by atoms with Gasteiger partial charge in [-0.2, -0.15) is 0 Å². The largest absolute Gasteiger partial charge is 0.390 e. The monoisotopic (exact) mass is 236 g/mol. The normalized spacial score (nSPS) is 39.1. The number of carbonyl (C=O) groups is 1. The molecule has 0 amide bonds. The molecule has 1 N–H and O–H groups in total. The number of Topliss-reactive ketones (excluding diaryl/α,β-unsaturated/α-hetero) is 1. The van der Waals surface area contributed by atoms with Gasteiger partial charge < -0.3 is 5.11 Å². The summed E-state index contributed by atoms with van der Waals surface area (Å²) in [6.45, 7) is 10.0. The highest BCUT2D eigenvalue weighted by Crippen LogP contribution is 2.53. The lowest BCUT2D eigenvalue weighted by atomic mass is 9.55. The van der Waals surface area contributed by atoms with E-state index in [1.54, 1.807) is 0 Å². The van der Waals surface area contributed by atoms with Crippen molar-refractivity contribution in [2.45, 2.75) is 58.5 Å². The predicted octanol–water partition coefficient (Wildman–Crippen LogP) is 3.10. The molecule has 0 radical (unpaired) electrons. The van der Waals surface area contributed by atoms with E-state index < -0.39 is 5.60 Å². The van der Waals surface area contributed by atoms with Gasteiger partial charge >= 0.3 is 0 Å². The third-order valence-corrected chi connectivity index (χ3v) is 5.10. The van der Waals surface area contributed by atoms with Gasteiger partial charge in [-0.3, -0.25) is 4.79 Å². The van der Waals surface area contributed by atoms with E-state index in [9.17, 15) is 9.90 Å². The van der Waals surface area contributed by atoms with E-state index in [1.165, 1.54) is 5.57 Å². The number of carbonyl (C=O) groups excluding carboxylic acids is 1. The van der Waals surface area contributed by atoms with Crippen LogP contribution in [0.25, 0.3) is 0 Å². The average Bonchev–Trinajstić information content (AvgIpc) is 2.22. The van der Waals surface area contributed by atoms with Crippen molar-refractivity contribution in [2.75, 3.05) is 0 Å². The first-order valence-corrected chi connectivity index (χ1v) is 6.68. The van der Waals surface area contributed by atoms with Crippen LogP contribution in [-0.4, -0.2) is 16.5 Å². The average molecular weight is 236 g/mol. The fraction of sp³-hybridized carbons (Fsp3) is 0.800. The van der Waals surface area contributed by atoms with Gasteiger partial charge in [-0.05, 0) is 51.4 Å². The van der Waals surface area contributed by atoms with Crippen molar-refractivity contribution in [3.63, 3.8) is 0 Å². The molecule has 0 aromatic rings. The second-order valence-corrected chi connectivity index (χ2v) is 6.68. The summed E-state index contributed by atoms with van der Waals surface area (Å²) in [5.41, 5.74) is 0.389. The lowest BCUT2D eigenvalue weighted by Gasteiger charge is -2.49. The van der Waals surface area contributed by atoms with Crippen LogP contribution in [0.2, 0.25) is 0 Å². The Morgan fingerprint density at radius 3 is 2.65 bits per heavy atom. The number of aliphatic hydroxyl groups is 1. The zero-order chi connectivity index (χ0) is 12.8. The molecule has 2 saturated carbocycles. The second-order valence-electron chi connectivity index (χ2n) is 6.68. The van der Waals surface area contributed by atoms with Gasteiger partial charge in [0.1, 0.15) is 5.78 Å². The van der Waals surface area contributed by atoms with E-state index >= 15 is 0 Å². The summed E-state index contributed by atoms with van der Waals surface area (Å²) in [6, 6.07) is 0. The molecule has 0 spiro atoms. The zero-order valence-electron chi connectivity index (χ0n) is 11.3. The van der Waals surface area contributed by atoms with Crippen molar-refractivity contribution in [1.29, 1.82) is 0 Å². The SMILES string of the molecule is C=C1CCC(=O)[C@@]2(C)CC[C@H](C(C)(C)O)C[C@H]12. The van der Waals surface area contributed by atoms with Crippen molar-refractivity contribution < 1.29 is 9.90 Å². The molecule has 2 aliphatic carbocycles. The van der Waals surface area contributed by atoms with Gasteiger partial charge in [0.25, 0.3) is 0 Å². The summed E-state index contributed by atoms with van der Waals surface area (Å²) in [4.78, 5) is 12.1. The van der Waals surface area contributed by atoms with Gasteiger partial charge in [-0.15, -0.1) is 0 Å². The Bertz CT molecular complexity index is 350. The molecule has 2 heteroatoms. The van der Waals surface area contributed by atoms with E-state index in [0.29, 0.717) is 18.1 Å². The van der Waals surface area contributed by atoms with Crippen LogP contribution in [0, 0.1) is 17.3 Å². The summed E-state index contributed by atoms with van der Waals surface area (Å²) >= 11 is 0. The first-order valence-electron chi connectivity index (χ1n) is 6.68. The van der Waals surface area contributed by atoms with Crippen LogP contribution in [0.4, 0.5) is 0 Å². The number of ketones is 1. The molecule has 2 nitrogen and oxygen atoms in total. The fourth-order valence-corrected chi connectivity index (χ4v) is 3.64. The maximum atomic E-state index is 12.1. The minimum absolute atomic E-state index is 0.197. The summed E-state index contributed by atoms with van der Waals surface area (Å²) in [7, 11) is 0. The van der Waals surface area contributed by atoms with Crippen molar-refractivity contribution in [3.8, 4) is 0 Å². The topological polar surface area (TPSA) is 37.3 Å². The predicted molar refractivity (Wildman–Crippen MR) is 68.6 cm³/mol. The summed E-state index contributed by atoms with van der Waals surface area (Å²) < 4.78 is 0. The Morgan fingerprint density at radius 1 is 1.41 bits per heavy atom.